The van der Waals surface area contributed by atoms with Crippen molar-refractivity contribution < 1.29 is 13.7 Å². The Morgan fingerprint density at radius 2 is 1.81 bits per heavy atom. The van der Waals surface area contributed by atoms with Crippen LogP contribution in [0.2, 0.25) is 0 Å². The van der Waals surface area contributed by atoms with Gasteiger partial charge >= 0.3 is 6.09 Å². The van der Waals surface area contributed by atoms with Crippen molar-refractivity contribution >= 4 is 16.9 Å². The van der Waals surface area contributed by atoms with E-state index in [1.807, 2.05) is 65.0 Å². The third-order valence-electron chi connectivity index (χ3n) is 2.84. The van der Waals surface area contributed by atoms with E-state index in [0.29, 0.717) is 5.75 Å². The summed E-state index contributed by atoms with van der Waals surface area (Å²) >= 11 is 0. The number of carbonyl (C=O) groups is 1. The Bertz CT molecular complexity index is 480. The summed E-state index contributed by atoms with van der Waals surface area (Å²) < 4.78 is 17.6. The van der Waals surface area contributed by atoms with Gasteiger partial charge in [-0.1, -0.05) is 32.0 Å². The molecule has 4 nitrogen and oxygen atoms in total. The lowest BCUT2D eigenvalue weighted by Gasteiger charge is -2.25. The van der Waals surface area contributed by atoms with E-state index in [4.69, 9.17) is 4.74 Å². The fourth-order valence-electron chi connectivity index (χ4n) is 1.69. The van der Waals surface area contributed by atoms with Crippen LogP contribution in [0.25, 0.3) is 0 Å². The second-order valence-electron chi connectivity index (χ2n) is 6.32. The average molecular weight is 311 g/mol. The van der Waals surface area contributed by atoms with Crippen LogP contribution in [0.3, 0.4) is 0 Å². The highest BCUT2D eigenvalue weighted by atomic mass is 32.2. The first-order valence-corrected chi connectivity index (χ1v) is 8.44. The maximum absolute atomic E-state index is 12.3. The number of rotatable bonds is 5. The number of amides is 1. The molecule has 1 N–H and O–H groups in total. The van der Waals surface area contributed by atoms with Gasteiger partial charge in [0.2, 0.25) is 0 Å². The molecule has 0 fully saturated rings. The van der Waals surface area contributed by atoms with Crippen LogP contribution in [0, 0.1) is 5.92 Å². The first-order chi connectivity index (χ1) is 9.69. The molecule has 0 aromatic heterocycles. The van der Waals surface area contributed by atoms with E-state index in [1.54, 1.807) is 0 Å². The number of hydrogen-bond acceptors (Lipinski definition) is 3. The molecular formula is C16H25NO3S. The van der Waals surface area contributed by atoms with Crippen LogP contribution >= 0.6 is 0 Å². The fourth-order valence-corrected chi connectivity index (χ4v) is 3.14. The molecule has 0 aliphatic rings. The van der Waals surface area contributed by atoms with E-state index >= 15 is 0 Å². The standard InChI is InChI=1S/C16H25NO3S/c1-12(2)14(17-15(18)20-16(3,4)5)11-21(19)13-9-7-6-8-10-13/h6-10,12,14H,11H2,1-5H3,(H,17,18)/t14-,21?/m1/s1. The van der Waals surface area contributed by atoms with Crippen LogP contribution in [-0.2, 0) is 15.5 Å². The molecule has 1 aromatic carbocycles. The van der Waals surface area contributed by atoms with Gasteiger partial charge in [-0.3, -0.25) is 4.21 Å². The lowest BCUT2D eigenvalue weighted by molar-refractivity contribution is 0.0497. The van der Waals surface area contributed by atoms with Crippen molar-refractivity contribution in [1.82, 2.24) is 5.32 Å². The Labute approximate surface area is 129 Å². The third kappa shape index (κ3) is 6.76. The summed E-state index contributed by atoms with van der Waals surface area (Å²) in [5.41, 5.74) is -0.538. The Kier molecular flexibility index (Phi) is 6.40. The minimum absolute atomic E-state index is 0.171. The van der Waals surface area contributed by atoms with Gasteiger partial charge in [0.05, 0.1) is 10.8 Å². The molecule has 0 saturated carbocycles. The summed E-state index contributed by atoms with van der Waals surface area (Å²) in [6, 6.07) is 9.08. The van der Waals surface area contributed by atoms with Crippen molar-refractivity contribution in [3.05, 3.63) is 30.3 Å². The molecule has 21 heavy (non-hydrogen) atoms. The molecule has 1 rings (SSSR count). The molecule has 0 radical (unpaired) electrons. The van der Waals surface area contributed by atoms with E-state index in [2.05, 4.69) is 5.32 Å². The molecule has 0 aliphatic heterocycles. The highest BCUT2D eigenvalue weighted by molar-refractivity contribution is 7.85. The van der Waals surface area contributed by atoms with Gasteiger partial charge < -0.3 is 10.1 Å². The second-order valence-corrected chi connectivity index (χ2v) is 7.82. The number of hydrogen-bond donors (Lipinski definition) is 1. The van der Waals surface area contributed by atoms with Gasteiger partial charge in [-0.25, -0.2) is 4.79 Å². The normalized spacial score (nSPS) is 14.6. The molecule has 1 unspecified atom stereocenters. The van der Waals surface area contributed by atoms with Crippen LogP contribution in [0.1, 0.15) is 34.6 Å². The van der Waals surface area contributed by atoms with Gasteiger partial charge in [0.15, 0.2) is 0 Å². The van der Waals surface area contributed by atoms with Crippen molar-refractivity contribution in [3.63, 3.8) is 0 Å². The number of nitrogens with one attached hydrogen (secondary N) is 1. The molecule has 0 aliphatic carbocycles. The van der Waals surface area contributed by atoms with Crippen molar-refractivity contribution in [2.45, 2.75) is 51.2 Å². The van der Waals surface area contributed by atoms with Gasteiger partial charge in [0.25, 0.3) is 0 Å². The summed E-state index contributed by atoms with van der Waals surface area (Å²) in [4.78, 5) is 12.6. The Morgan fingerprint density at radius 3 is 2.29 bits per heavy atom. The van der Waals surface area contributed by atoms with Crippen molar-refractivity contribution in [3.8, 4) is 0 Å². The number of alkyl carbamates (subject to hydrolysis) is 1. The maximum atomic E-state index is 12.3. The van der Waals surface area contributed by atoms with Crippen LogP contribution in [0.4, 0.5) is 4.79 Å². The van der Waals surface area contributed by atoms with Gasteiger partial charge in [-0.05, 0) is 38.8 Å². The first kappa shape index (κ1) is 17.7. The zero-order valence-corrected chi connectivity index (χ0v) is 14.2. The SMILES string of the molecule is CC(C)[C@@H](CS(=O)c1ccccc1)NC(=O)OC(C)(C)C. The van der Waals surface area contributed by atoms with E-state index < -0.39 is 22.5 Å². The summed E-state index contributed by atoms with van der Waals surface area (Å²) in [6.07, 6.45) is -0.466. The fraction of sp³-hybridized carbons (Fsp3) is 0.562. The van der Waals surface area contributed by atoms with Crippen molar-refractivity contribution in [2.75, 3.05) is 5.75 Å². The second kappa shape index (κ2) is 7.59. The molecular weight excluding hydrogens is 286 g/mol. The molecule has 0 spiro atoms. The number of carbonyl (C=O) groups excluding carboxylic acids is 1. The van der Waals surface area contributed by atoms with Crippen molar-refractivity contribution in [1.29, 1.82) is 0 Å². The Balaban J connectivity index is 2.66. The summed E-state index contributed by atoms with van der Waals surface area (Å²) in [5.74, 6) is 0.547. The van der Waals surface area contributed by atoms with Crippen LogP contribution in [0.5, 0.6) is 0 Å². The quantitative estimate of drug-likeness (QED) is 0.907. The highest BCUT2D eigenvalue weighted by Crippen LogP contribution is 2.12. The summed E-state index contributed by atoms with van der Waals surface area (Å²) in [6.45, 7) is 9.44. The minimum atomic E-state index is -1.14. The van der Waals surface area contributed by atoms with Crippen LogP contribution in [-0.4, -0.2) is 27.7 Å². The monoisotopic (exact) mass is 311 g/mol. The molecule has 0 saturated heterocycles. The minimum Gasteiger partial charge on any atom is -0.444 e. The smallest absolute Gasteiger partial charge is 0.407 e. The van der Waals surface area contributed by atoms with E-state index in [9.17, 15) is 9.00 Å². The maximum Gasteiger partial charge on any atom is 0.407 e. The topological polar surface area (TPSA) is 55.4 Å². The summed E-state index contributed by atoms with van der Waals surface area (Å²) in [5, 5.41) is 2.82. The van der Waals surface area contributed by atoms with Gasteiger partial charge in [-0.15, -0.1) is 0 Å². The molecule has 5 heteroatoms. The van der Waals surface area contributed by atoms with Gasteiger partial charge in [0.1, 0.15) is 5.60 Å². The zero-order valence-electron chi connectivity index (χ0n) is 13.4. The largest absolute Gasteiger partial charge is 0.444 e. The van der Waals surface area contributed by atoms with E-state index in [0.717, 1.165) is 4.90 Å². The van der Waals surface area contributed by atoms with Gasteiger partial charge in [0, 0.05) is 16.7 Å². The Morgan fingerprint density at radius 1 is 1.24 bits per heavy atom. The lowest BCUT2D eigenvalue weighted by atomic mass is 10.1. The molecule has 1 amide bonds. The predicted molar refractivity (Wildman–Crippen MR) is 85.7 cm³/mol. The Hall–Kier alpha value is -1.36. The molecule has 2 atom stereocenters. The molecule has 0 bridgehead atoms. The number of ether oxygens (including phenoxy) is 1. The average Bonchev–Trinajstić information content (AvgIpc) is 2.36. The number of benzene rings is 1. The van der Waals surface area contributed by atoms with Crippen molar-refractivity contribution in [2.24, 2.45) is 5.92 Å². The molecule has 1 aromatic rings. The predicted octanol–water partition coefficient (Wildman–Crippen LogP) is 3.34. The van der Waals surface area contributed by atoms with Gasteiger partial charge in [-0.2, -0.15) is 0 Å². The first-order valence-electron chi connectivity index (χ1n) is 7.12. The highest BCUT2D eigenvalue weighted by Gasteiger charge is 2.23. The lowest BCUT2D eigenvalue weighted by Crippen LogP contribution is -2.44. The van der Waals surface area contributed by atoms with E-state index in [1.165, 1.54) is 0 Å². The molecule has 118 valence electrons. The molecule has 0 heterocycles. The van der Waals surface area contributed by atoms with Crippen LogP contribution < -0.4 is 5.32 Å². The van der Waals surface area contributed by atoms with E-state index in [-0.39, 0.29) is 12.0 Å². The van der Waals surface area contributed by atoms with Crippen LogP contribution in [0.15, 0.2) is 35.2 Å². The zero-order chi connectivity index (χ0) is 16.0. The summed E-state index contributed by atoms with van der Waals surface area (Å²) in [7, 11) is -1.14. The third-order valence-corrected chi connectivity index (χ3v) is 4.30.